The number of benzene rings is 1. The van der Waals surface area contributed by atoms with Crippen molar-refractivity contribution < 1.29 is 13.2 Å². The van der Waals surface area contributed by atoms with Crippen LogP contribution in [-0.2, 0) is 0 Å². The minimum absolute atomic E-state index is 0. The standard InChI is InChI=1S/C12H14ClF3N2.ClH/c13-10-3-1-9(2-4-10)11(12(14,15)16)18-7-5-17-6-8-18;/h1-4,11,17H,5-8H2;1H/t11-;/m1./s1. The van der Waals surface area contributed by atoms with E-state index in [-0.39, 0.29) is 18.0 Å². The summed E-state index contributed by atoms with van der Waals surface area (Å²) in [5.74, 6) is 0. The Morgan fingerprint density at radius 2 is 1.63 bits per heavy atom. The van der Waals surface area contributed by atoms with E-state index in [2.05, 4.69) is 5.32 Å². The molecular weight excluding hydrogens is 300 g/mol. The van der Waals surface area contributed by atoms with Crippen LogP contribution in [0.3, 0.4) is 0 Å². The molecule has 0 bridgehead atoms. The van der Waals surface area contributed by atoms with Gasteiger partial charge in [-0.2, -0.15) is 13.2 Å². The maximum Gasteiger partial charge on any atom is 0.408 e. The Balaban J connectivity index is 0.00000180. The average Bonchev–Trinajstić information content (AvgIpc) is 2.32. The summed E-state index contributed by atoms with van der Waals surface area (Å²) >= 11 is 5.71. The summed E-state index contributed by atoms with van der Waals surface area (Å²) in [6.45, 7) is 1.96. The zero-order valence-electron chi connectivity index (χ0n) is 10.1. The topological polar surface area (TPSA) is 15.3 Å². The van der Waals surface area contributed by atoms with Crippen molar-refractivity contribution in [2.75, 3.05) is 26.2 Å². The first kappa shape index (κ1) is 16.6. The van der Waals surface area contributed by atoms with Crippen LogP contribution >= 0.6 is 24.0 Å². The minimum atomic E-state index is -4.27. The third kappa shape index (κ3) is 4.24. The Hall–Kier alpha value is -0.490. The second-order valence-electron chi connectivity index (χ2n) is 4.28. The minimum Gasteiger partial charge on any atom is -0.314 e. The summed E-state index contributed by atoms with van der Waals surface area (Å²) in [5.41, 5.74) is 0.244. The van der Waals surface area contributed by atoms with Crippen molar-refractivity contribution in [1.82, 2.24) is 10.2 Å². The molecule has 2 rings (SSSR count). The molecule has 0 aromatic heterocycles. The average molecular weight is 315 g/mol. The lowest BCUT2D eigenvalue weighted by Gasteiger charge is -2.36. The second-order valence-corrected chi connectivity index (χ2v) is 4.72. The fraction of sp³-hybridized carbons (Fsp3) is 0.500. The summed E-state index contributed by atoms with van der Waals surface area (Å²) in [6, 6.07) is 4.35. The van der Waals surface area contributed by atoms with E-state index >= 15 is 0 Å². The van der Waals surface area contributed by atoms with Crippen LogP contribution in [0.25, 0.3) is 0 Å². The molecule has 1 atom stereocenters. The van der Waals surface area contributed by atoms with Gasteiger partial charge in [0.2, 0.25) is 0 Å². The fourth-order valence-electron chi connectivity index (χ4n) is 2.19. The van der Waals surface area contributed by atoms with E-state index in [4.69, 9.17) is 11.6 Å². The van der Waals surface area contributed by atoms with Gasteiger partial charge in [0.15, 0.2) is 0 Å². The molecule has 19 heavy (non-hydrogen) atoms. The molecular formula is C12H15Cl2F3N2. The van der Waals surface area contributed by atoms with Crippen LogP contribution in [0.5, 0.6) is 0 Å². The quantitative estimate of drug-likeness (QED) is 0.901. The van der Waals surface area contributed by atoms with Gasteiger partial charge in [0.05, 0.1) is 0 Å². The van der Waals surface area contributed by atoms with Gasteiger partial charge in [0.1, 0.15) is 6.04 Å². The van der Waals surface area contributed by atoms with Gasteiger partial charge in [-0.25, -0.2) is 0 Å². The Morgan fingerprint density at radius 1 is 1.11 bits per heavy atom. The van der Waals surface area contributed by atoms with Crippen LogP contribution in [0.2, 0.25) is 5.02 Å². The molecule has 1 N–H and O–H groups in total. The van der Waals surface area contributed by atoms with Crippen LogP contribution in [0.15, 0.2) is 24.3 Å². The van der Waals surface area contributed by atoms with Crippen molar-refractivity contribution in [3.05, 3.63) is 34.9 Å². The van der Waals surface area contributed by atoms with Crippen molar-refractivity contribution in [1.29, 1.82) is 0 Å². The summed E-state index contributed by atoms with van der Waals surface area (Å²) < 4.78 is 39.6. The van der Waals surface area contributed by atoms with Gasteiger partial charge in [-0.15, -0.1) is 12.4 Å². The van der Waals surface area contributed by atoms with E-state index in [9.17, 15) is 13.2 Å². The molecule has 1 aliphatic rings. The molecule has 0 aliphatic carbocycles. The van der Waals surface area contributed by atoms with Crippen molar-refractivity contribution in [3.8, 4) is 0 Å². The van der Waals surface area contributed by atoms with Gasteiger partial charge in [-0.05, 0) is 17.7 Å². The lowest BCUT2D eigenvalue weighted by atomic mass is 10.0. The summed E-state index contributed by atoms with van der Waals surface area (Å²) in [5, 5.41) is 3.50. The third-order valence-corrected chi connectivity index (χ3v) is 3.26. The largest absolute Gasteiger partial charge is 0.408 e. The van der Waals surface area contributed by atoms with Crippen LogP contribution in [0.4, 0.5) is 13.2 Å². The van der Waals surface area contributed by atoms with Crippen LogP contribution in [-0.4, -0.2) is 37.3 Å². The predicted octanol–water partition coefficient (Wildman–Crippen LogP) is 3.27. The molecule has 0 amide bonds. The number of nitrogens with zero attached hydrogens (tertiary/aromatic N) is 1. The SMILES string of the molecule is Cl.FC(F)(F)[C@@H](c1ccc(Cl)cc1)N1CCNCC1. The normalized spacial score (nSPS) is 18.7. The monoisotopic (exact) mass is 314 g/mol. The second kappa shape index (κ2) is 6.79. The summed E-state index contributed by atoms with van der Waals surface area (Å²) in [6.07, 6.45) is -4.27. The van der Waals surface area contributed by atoms with Gasteiger partial charge < -0.3 is 5.32 Å². The molecule has 1 aromatic carbocycles. The molecule has 1 saturated heterocycles. The Bertz CT molecular complexity index is 389. The van der Waals surface area contributed by atoms with Gasteiger partial charge in [-0.1, -0.05) is 23.7 Å². The van der Waals surface area contributed by atoms with E-state index in [1.807, 2.05) is 0 Å². The van der Waals surface area contributed by atoms with E-state index in [0.717, 1.165) is 0 Å². The first-order valence-corrected chi connectivity index (χ1v) is 6.13. The highest BCUT2D eigenvalue weighted by Crippen LogP contribution is 2.38. The first-order valence-electron chi connectivity index (χ1n) is 5.75. The molecule has 1 fully saturated rings. The molecule has 1 heterocycles. The highest BCUT2D eigenvalue weighted by molar-refractivity contribution is 6.30. The zero-order chi connectivity index (χ0) is 13.2. The number of halogens is 5. The number of hydrogen-bond acceptors (Lipinski definition) is 2. The molecule has 0 spiro atoms. The number of alkyl halides is 3. The lowest BCUT2D eigenvalue weighted by Crippen LogP contribution is -2.49. The molecule has 1 aliphatic heterocycles. The Morgan fingerprint density at radius 3 is 2.11 bits per heavy atom. The van der Waals surface area contributed by atoms with E-state index in [0.29, 0.717) is 31.2 Å². The smallest absolute Gasteiger partial charge is 0.314 e. The van der Waals surface area contributed by atoms with Gasteiger partial charge in [-0.3, -0.25) is 4.90 Å². The zero-order valence-corrected chi connectivity index (χ0v) is 11.7. The van der Waals surface area contributed by atoms with Crippen LogP contribution in [0.1, 0.15) is 11.6 Å². The number of piperazine rings is 1. The molecule has 108 valence electrons. The molecule has 1 aromatic rings. The maximum absolute atomic E-state index is 13.2. The number of rotatable bonds is 2. The van der Waals surface area contributed by atoms with Gasteiger partial charge in [0.25, 0.3) is 0 Å². The number of nitrogens with one attached hydrogen (secondary N) is 1. The molecule has 7 heteroatoms. The highest BCUT2D eigenvalue weighted by Gasteiger charge is 2.44. The van der Waals surface area contributed by atoms with Crippen LogP contribution < -0.4 is 5.32 Å². The van der Waals surface area contributed by atoms with Crippen LogP contribution in [0, 0.1) is 0 Å². The van der Waals surface area contributed by atoms with E-state index < -0.39 is 12.2 Å². The summed E-state index contributed by atoms with van der Waals surface area (Å²) in [4.78, 5) is 1.46. The van der Waals surface area contributed by atoms with Crippen molar-refractivity contribution in [2.24, 2.45) is 0 Å². The molecule has 0 radical (unpaired) electrons. The predicted molar refractivity (Wildman–Crippen MR) is 71.9 cm³/mol. The highest BCUT2D eigenvalue weighted by atomic mass is 35.5. The summed E-state index contributed by atoms with van der Waals surface area (Å²) in [7, 11) is 0. The van der Waals surface area contributed by atoms with Gasteiger partial charge in [0, 0.05) is 31.2 Å². The van der Waals surface area contributed by atoms with Crippen molar-refractivity contribution in [2.45, 2.75) is 12.2 Å². The van der Waals surface area contributed by atoms with E-state index in [1.165, 1.54) is 29.2 Å². The third-order valence-electron chi connectivity index (χ3n) is 3.01. The van der Waals surface area contributed by atoms with Crippen molar-refractivity contribution >= 4 is 24.0 Å². The molecule has 2 nitrogen and oxygen atoms in total. The van der Waals surface area contributed by atoms with E-state index in [1.54, 1.807) is 0 Å². The Labute approximate surface area is 121 Å². The lowest BCUT2D eigenvalue weighted by molar-refractivity contribution is -0.187. The first-order chi connectivity index (χ1) is 8.48. The van der Waals surface area contributed by atoms with Gasteiger partial charge >= 0.3 is 6.18 Å². The number of hydrogen-bond donors (Lipinski definition) is 1. The molecule has 0 saturated carbocycles. The fourth-order valence-corrected chi connectivity index (χ4v) is 2.32. The maximum atomic E-state index is 13.2. The van der Waals surface area contributed by atoms with Crippen molar-refractivity contribution in [3.63, 3.8) is 0 Å². The molecule has 0 unspecified atom stereocenters. The Kier molecular flexibility index (Phi) is 5.92.